The fraction of sp³-hybridized carbons (Fsp3) is 0.105. The molecule has 0 unspecified atom stereocenters. The third kappa shape index (κ3) is 4.27. The van der Waals surface area contributed by atoms with Crippen molar-refractivity contribution >= 4 is 34.9 Å². The molecule has 2 aromatic carbocycles. The van der Waals surface area contributed by atoms with Crippen LogP contribution in [0.2, 0.25) is 5.02 Å². The SMILES string of the molecule is COc1ccc(NC(=O)c2cc(NC(=O)c3ccccc3)n(C)n2)cc1Cl. The number of carbonyl (C=O) groups is 2. The fourth-order valence-corrected chi connectivity index (χ4v) is 2.67. The number of aromatic nitrogens is 2. The van der Waals surface area contributed by atoms with Gasteiger partial charge in [-0.1, -0.05) is 29.8 Å². The number of nitrogens with zero attached hydrogens (tertiary/aromatic N) is 2. The second-order valence-corrected chi connectivity index (χ2v) is 6.07. The molecular formula is C19H17ClN4O3. The molecule has 0 saturated carbocycles. The number of hydrogen-bond acceptors (Lipinski definition) is 4. The van der Waals surface area contributed by atoms with E-state index >= 15 is 0 Å². The van der Waals surface area contributed by atoms with Gasteiger partial charge in [0.15, 0.2) is 5.69 Å². The minimum atomic E-state index is -0.424. The first-order valence-electron chi connectivity index (χ1n) is 8.03. The van der Waals surface area contributed by atoms with Crippen molar-refractivity contribution in [2.75, 3.05) is 17.7 Å². The number of carbonyl (C=O) groups excluding carboxylic acids is 2. The molecule has 138 valence electrons. The van der Waals surface area contributed by atoms with Crippen molar-refractivity contribution in [3.63, 3.8) is 0 Å². The maximum absolute atomic E-state index is 12.4. The van der Waals surface area contributed by atoms with E-state index in [0.29, 0.717) is 27.8 Å². The number of anilines is 2. The predicted molar refractivity (Wildman–Crippen MR) is 104 cm³/mol. The summed E-state index contributed by atoms with van der Waals surface area (Å²) >= 11 is 6.06. The molecule has 27 heavy (non-hydrogen) atoms. The molecule has 0 fully saturated rings. The molecule has 0 spiro atoms. The lowest BCUT2D eigenvalue weighted by Gasteiger charge is -2.06. The van der Waals surface area contributed by atoms with Gasteiger partial charge in [0, 0.05) is 24.4 Å². The first-order chi connectivity index (χ1) is 13.0. The van der Waals surface area contributed by atoms with Crippen molar-refractivity contribution in [3.8, 4) is 5.75 Å². The summed E-state index contributed by atoms with van der Waals surface area (Å²) in [5.41, 5.74) is 1.18. The minimum absolute atomic E-state index is 0.160. The summed E-state index contributed by atoms with van der Waals surface area (Å²) in [6.45, 7) is 0. The van der Waals surface area contributed by atoms with Gasteiger partial charge < -0.3 is 15.4 Å². The van der Waals surface area contributed by atoms with E-state index in [-0.39, 0.29) is 11.6 Å². The Hall–Kier alpha value is -3.32. The lowest BCUT2D eigenvalue weighted by Crippen LogP contribution is -2.14. The number of benzene rings is 2. The standard InChI is InChI=1S/C19H17ClN4O3/c1-24-17(22-18(25)12-6-4-3-5-7-12)11-15(23-24)19(26)21-13-8-9-16(27-2)14(20)10-13/h3-11H,1-2H3,(H,21,26)(H,22,25). The largest absolute Gasteiger partial charge is 0.495 e. The molecule has 0 aliphatic rings. The van der Waals surface area contributed by atoms with Gasteiger partial charge in [-0.2, -0.15) is 5.10 Å². The number of amides is 2. The quantitative estimate of drug-likeness (QED) is 0.704. The van der Waals surface area contributed by atoms with E-state index in [4.69, 9.17) is 16.3 Å². The summed E-state index contributed by atoms with van der Waals surface area (Å²) in [6, 6.07) is 15.2. The van der Waals surface area contributed by atoms with Crippen LogP contribution in [-0.2, 0) is 7.05 Å². The summed E-state index contributed by atoms with van der Waals surface area (Å²) < 4.78 is 6.51. The Morgan fingerprint density at radius 2 is 1.78 bits per heavy atom. The van der Waals surface area contributed by atoms with Crippen LogP contribution in [0.15, 0.2) is 54.6 Å². The van der Waals surface area contributed by atoms with Crippen molar-refractivity contribution in [1.29, 1.82) is 0 Å². The average molecular weight is 385 g/mol. The zero-order chi connectivity index (χ0) is 19.4. The third-order valence-corrected chi connectivity index (χ3v) is 4.10. The number of hydrogen-bond donors (Lipinski definition) is 2. The highest BCUT2D eigenvalue weighted by Crippen LogP contribution is 2.27. The summed E-state index contributed by atoms with van der Waals surface area (Å²) in [7, 11) is 3.15. The summed E-state index contributed by atoms with van der Waals surface area (Å²) in [6.07, 6.45) is 0. The van der Waals surface area contributed by atoms with E-state index in [1.807, 2.05) is 6.07 Å². The molecule has 0 atom stereocenters. The van der Waals surface area contributed by atoms with Gasteiger partial charge in [0.1, 0.15) is 11.6 Å². The van der Waals surface area contributed by atoms with Gasteiger partial charge >= 0.3 is 0 Å². The lowest BCUT2D eigenvalue weighted by molar-refractivity contribution is 0.101. The van der Waals surface area contributed by atoms with E-state index in [9.17, 15) is 9.59 Å². The number of halogens is 1. The third-order valence-electron chi connectivity index (χ3n) is 3.80. The first-order valence-corrected chi connectivity index (χ1v) is 8.41. The van der Waals surface area contributed by atoms with Crippen LogP contribution in [0.5, 0.6) is 5.75 Å². The van der Waals surface area contributed by atoms with Gasteiger partial charge in [-0.25, -0.2) is 0 Å². The van der Waals surface area contributed by atoms with Gasteiger partial charge in [-0.3, -0.25) is 14.3 Å². The second-order valence-electron chi connectivity index (χ2n) is 5.66. The van der Waals surface area contributed by atoms with Gasteiger partial charge in [-0.05, 0) is 30.3 Å². The second kappa shape index (κ2) is 7.92. The summed E-state index contributed by atoms with van der Waals surface area (Å²) in [4.78, 5) is 24.7. The topological polar surface area (TPSA) is 85.3 Å². The Bertz CT molecular complexity index is 986. The van der Waals surface area contributed by atoms with Gasteiger partial charge in [0.2, 0.25) is 0 Å². The number of methoxy groups -OCH3 is 1. The summed E-state index contributed by atoms with van der Waals surface area (Å²) in [5, 5.41) is 9.97. The van der Waals surface area contributed by atoms with Crippen molar-refractivity contribution in [3.05, 3.63) is 70.9 Å². The Kier molecular flexibility index (Phi) is 5.42. The monoisotopic (exact) mass is 384 g/mol. The molecule has 0 aliphatic carbocycles. The number of ether oxygens (including phenoxy) is 1. The first kappa shape index (κ1) is 18.5. The highest BCUT2D eigenvalue weighted by Gasteiger charge is 2.16. The highest BCUT2D eigenvalue weighted by molar-refractivity contribution is 6.32. The molecule has 8 heteroatoms. The van der Waals surface area contributed by atoms with E-state index in [1.54, 1.807) is 49.5 Å². The molecule has 1 heterocycles. The minimum Gasteiger partial charge on any atom is -0.495 e. The predicted octanol–water partition coefficient (Wildman–Crippen LogP) is 3.59. The molecule has 0 saturated heterocycles. The van der Waals surface area contributed by atoms with Crippen LogP contribution in [0, 0.1) is 0 Å². The Morgan fingerprint density at radius 3 is 2.44 bits per heavy atom. The molecule has 0 radical (unpaired) electrons. The Morgan fingerprint density at radius 1 is 1.04 bits per heavy atom. The average Bonchev–Trinajstić information content (AvgIpc) is 3.03. The lowest BCUT2D eigenvalue weighted by atomic mass is 10.2. The zero-order valence-electron chi connectivity index (χ0n) is 14.7. The molecule has 2 N–H and O–H groups in total. The van der Waals surface area contributed by atoms with Crippen LogP contribution in [0.1, 0.15) is 20.8 Å². The smallest absolute Gasteiger partial charge is 0.276 e. The van der Waals surface area contributed by atoms with E-state index < -0.39 is 5.91 Å². The van der Waals surface area contributed by atoms with Crippen molar-refractivity contribution < 1.29 is 14.3 Å². The van der Waals surface area contributed by atoms with Crippen molar-refractivity contribution in [2.45, 2.75) is 0 Å². The van der Waals surface area contributed by atoms with E-state index in [2.05, 4.69) is 15.7 Å². The van der Waals surface area contributed by atoms with Crippen LogP contribution in [0.25, 0.3) is 0 Å². The molecule has 3 rings (SSSR count). The van der Waals surface area contributed by atoms with E-state index in [1.165, 1.54) is 17.9 Å². The molecule has 2 amide bonds. The van der Waals surface area contributed by atoms with Crippen LogP contribution in [0.3, 0.4) is 0 Å². The van der Waals surface area contributed by atoms with E-state index in [0.717, 1.165) is 0 Å². The number of nitrogens with one attached hydrogen (secondary N) is 2. The summed E-state index contributed by atoms with van der Waals surface area (Å²) in [5.74, 6) is 0.208. The molecule has 0 bridgehead atoms. The van der Waals surface area contributed by atoms with Crippen LogP contribution < -0.4 is 15.4 Å². The van der Waals surface area contributed by atoms with Crippen LogP contribution >= 0.6 is 11.6 Å². The van der Waals surface area contributed by atoms with Gasteiger partial charge in [-0.15, -0.1) is 0 Å². The molecule has 0 aliphatic heterocycles. The normalized spacial score (nSPS) is 10.3. The Balaban J connectivity index is 1.72. The molecule has 7 nitrogen and oxygen atoms in total. The maximum atomic E-state index is 12.4. The zero-order valence-corrected chi connectivity index (χ0v) is 15.4. The fourth-order valence-electron chi connectivity index (χ4n) is 2.41. The molecular weight excluding hydrogens is 368 g/mol. The van der Waals surface area contributed by atoms with Gasteiger partial charge in [0.05, 0.1) is 12.1 Å². The van der Waals surface area contributed by atoms with Crippen molar-refractivity contribution in [2.24, 2.45) is 7.05 Å². The highest BCUT2D eigenvalue weighted by atomic mass is 35.5. The maximum Gasteiger partial charge on any atom is 0.276 e. The van der Waals surface area contributed by atoms with Gasteiger partial charge in [0.25, 0.3) is 11.8 Å². The number of aryl methyl sites for hydroxylation is 1. The van der Waals surface area contributed by atoms with Crippen LogP contribution in [-0.4, -0.2) is 28.7 Å². The number of rotatable bonds is 5. The molecule has 3 aromatic rings. The molecule has 1 aromatic heterocycles. The van der Waals surface area contributed by atoms with Crippen LogP contribution in [0.4, 0.5) is 11.5 Å². The Labute approximate surface area is 160 Å². The van der Waals surface area contributed by atoms with Crippen molar-refractivity contribution in [1.82, 2.24) is 9.78 Å².